The molecule has 29 heavy (non-hydrogen) atoms. The van der Waals surface area contributed by atoms with Crippen molar-refractivity contribution in [2.24, 2.45) is 0 Å². The molecule has 0 atom stereocenters. The highest BCUT2D eigenvalue weighted by atomic mass is 15.4. The minimum absolute atomic E-state index is 0.486. The molecule has 7 nitrogen and oxygen atoms in total. The van der Waals surface area contributed by atoms with E-state index in [2.05, 4.69) is 62.6 Å². The van der Waals surface area contributed by atoms with Gasteiger partial charge in [-0.15, -0.1) is 10.2 Å². The predicted molar refractivity (Wildman–Crippen MR) is 112 cm³/mol. The molecule has 0 aliphatic carbocycles. The molecule has 1 aliphatic rings. The minimum Gasteiger partial charge on any atom is -0.297 e. The summed E-state index contributed by atoms with van der Waals surface area (Å²) in [5.74, 6) is 1.32. The SMILES string of the molecule is Cc1c(-c2ccccc2)n[nH]c1CN1CCC(c2ccc3nnc(C)n3n2)CC1. The lowest BCUT2D eigenvalue weighted by Crippen LogP contribution is -2.33. The first kappa shape index (κ1) is 18.0. The van der Waals surface area contributed by atoms with Gasteiger partial charge in [0.1, 0.15) is 0 Å². The summed E-state index contributed by atoms with van der Waals surface area (Å²) in [5.41, 5.74) is 6.63. The molecule has 1 N–H and O–H groups in total. The summed E-state index contributed by atoms with van der Waals surface area (Å²) in [6.07, 6.45) is 2.22. The topological polar surface area (TPSA) is 75.0 Å². The van der Waals surface area contributed by atoms with Crippen LogP contribution >= 0.6 is 0 Å². The van der Waals surface area contributed by atoms with Crippen molar-refractivity contribution in [3.05, 3.63) is 65.2 Å². The first-order chi connectivity index (χ1) is 14.2. The Morgan fingerprint density at radius 2 is 1.79 bits per heavy atom. The zero-order chi connectivity index (χ0) is 19.8. The van der Waals surface area contributed by atoms with E-state index in [1.807, 2.05) is 23.6 Å². The van der Waals surface area contributed by atoms with Crippen molar-refractivity contribution in [3.63, 3.8) is 0 Å². The highest BCUT2D eigenvalue weighted by Gasteiger charge is 2.23. The molecule has 148 valence electrons. The number of benzene rings is 1. The third kappa shape index (κ3) is 3.42. The molecule has 7 heteroatoms. The number of nitrogens with zero attached hydrogens (tertiary/aromatic N) is 6. The van der Waals surface area contributed by atoms with E-state index in [4.69, 9.17) is 5.10 Å². The zero-order valence-corrected chi connectivity index (χ0v) is 16.8. The Labute approximate surface area is 169 Å². The van der Waals surface area contributed by atoms with E-state index in [0.717, 1.165) is 60.9 Å². The molecule has 0 bridgehead atoms. The second-order valence-corrected chi connectivity index (χ2v) is 7.87. The van der Waals surface area contributed by atoms with Crippen LogP contribution in [0, 0.1) is 13.8 Å². The van der Waals surface area contributed by atoms with E-state index in [0.29, 0.717) is 5.92 Å². The third-order valence-corrected chi connectivity index (χ3v) is 5.98. The van der Waals surface area contributed by atoms with Crippen molar-refractivity contribution < 1.29 is 0 Å². The average molecular weight is 387 g/mol. The van der Waals surface area contributed by atoms with Crippen LogP contribution in [0.5, 0.6) is 0 Å². The van der Waals surface area contributed by atoms with E-state index >= 15 is 0 Å². The van der Waals surface area contributed by atoms with Gasteiger partial charge in [-0.1, -0.05) is 30.3 Å². The van der Waals surface area contributed by atoms with Crippen molar-refractivity contribution in [2.45, 2.75) is 39.2 Å². The Hall–Kier alpha value is -3.06. The molecular formula is C22H25N7. The van der Waals surface area contributed by atoms with Crippen molar-refractivity contribution in [3.8, 4) is 11.3 Å². The quantitative estimate of drug-likeness (QED) is 0.580. The molecule has 4 aromatic rings. The van der Waals surface area contributed by atoms with Crippen LogP contribution in [-0.2, 0) is 6.54 Å². The van der Waals surface area contributed by atoms with E-state index in [1.54, 1.807) is 0 Å². The van der Waals surface area contributed by atoms with E-state index in [9.17, 15) is 0 Å². The van der Waals surface area contributed by atoms with Crippen molar-refractivity contribution in [1.29, 1.82) is 0 Å². The first-order valence-electron chi connectivity index (χ1n) is 10.2. The fourth-order valence-corrected chi connectivity index (χ4v) is 4.20. The molecule has 1 aliphatic heterocycles. The van der Waals surface area contributed by atoms with E-state index in [-0.39, 0.29) is 0 Å². The van der Waals surface area contributed by atoms with E-state index < -0.39 is 0 Å². The van der Waals surface area contributed by atoms with Gasteiger partial charge in [-0.25, -0.2) is 0 Å². The Morgan fingerprint density at radius 3 is 2.59 bits per heavy atom. The Morgan fingerprint density at radius 1 is 1.00 bits per heavy atom. The number of nitrogens with one attached hydrogen (secondary N) is 1. The lowest BCUT2D eigenvalue weighted by molar-refractivity contribution is 0.200. The van der Waals surface area contributed by atoms with Crippen LogP contribution in [0.4, 0.5) is 0 Å². The van der Waals surface area contributed by atoms with Crippen molar-refractivity contribution in [2.75, 3.05) is 13.1 Å². The Bertz CT molecular complexity index is 1120. The summed E-state index contributed by atoms with van der Waals surface area (Å²) in [6.45, 7) is 7.13. The molecule has 0 unspecified atom stereocenters. The number of H-pyrrole nitrogens is 1. The first-order valence-corrected chi connectivity index (χ1v) is 10.2. The van der Waals surface area contributed by atoms with Gasteiger partial charge in [0.05, 0.1) is 17.1 Å². The standard InChI is InChI=1S/C22H25N7/c1-15-20(24-26-22(15)18-6-4-3-5-7-18)14-28-12-10-17(11-13-28)19-8-9-21-25-23-16(2)29(21)27-19/h3-9,17H,10-14H2,1-2H3,(H,24,26). The second-order valence-electron chi connectivity index (χ2n) is 7.87. The summed E-state index contributed by atoms with van der Waals surface area (Å²) in [6, 6.07) is 14.5. The van der Waals surface area contributed by atoms with Gasteiger partial charge in [0.15, 0.2) is 11.5 Å². The van der Waals surface area contributed by atoms with Gasteiger partial charge in [0, 0.05) is 18.0 Å². The lowest BCUT2D eigenvalue weighted by atomic mass is 9.93. The van der Waals surface area contributed by atoms with Crippen LogP contribution in [0.25, 0.3) is 16.9 Å². The number of fused-ring (bicyclic) bond motifs is 1. The average Bonchev–Trinajstić information content (AvgIpc) is 3.32. The normalized spacial score (nSPS) is 15.9. The number of piperidine rings is 1. The van der Waals surface area contributed by atoms with E-state index in [1.165, 1.54) is 11.3 Å². The van der Waals surface area contributed by atoms with Gasteiger partial charge in [-0.3, -0.25) is 10.00 Å². The van der Waals surface area contributed by atoms with Crippen molar-refractivity contribution in [1.82, 2.24) is 34.9 Å². The fourth-order valence-electron chi connectivity index (χ4n) is 4.20. The molecule has 0 amide bonds. The molecule has 0 radical (unpaired) electrons. The van der Waals surface area contributed by atoms with Gasteiger partial charge >= 0.3 is 0 Å². The molecule has 5 rings (SSSR count). The third-order valence-electron chi connectivity index (χ3n) is 5.98. The number of rotatable bonds is 4. The fraction of sp³-hybridized carbons (Fsp3) is 0.364. The molecule has 4 heterocycles. The maximum Gasteiger partial charge on any atom is 0.177 e. The molecule has 1 aromatic carbocycles. The zero-order valence-electron chi connectivity index (χ0n) is 16.8. The maximum atomic E-state index is 4.78. The number of hydrogen-bond donors (Lipinski definition) is 1. The number of hydrogen-bond acceptors (Lipinski definition) is 5. The molecule has 1 fully saturated rings. The number of aryl methyl sites for hydroxylation is 1. The number of aromatic amines is 1. The van der Waals surface area contributed by atoms with Crippen molar-refractivity contribution >= 4 is 5.65 Å². The molecule has 3 aromatic heterocycles. The maximum absolute atomic E-state index is 4.78. The summed E-state index contributed by atoms with van der Waals surface area (Å²) in [7, 11) is 0. The van der Waals surface area contributed by atoms with Crippen LogP contribution in [0.3, 0.4) is 0 Å². The summed E-state index contributed by atoms with van der Waals surface area (Å²) in [4.78, 5) is 2.51. The second kappa shape index (κ2) is 7.40. The smallest absolute Gasteiger partial charge is 0.177 e. The minimum atomic E-state index is 0.486. The van der Waals surface area contributed by atoms with Gasteiger partial charge in [-0.05, 0) is 57.5 Å². The Kier molecular flexibility index (Phi) is 4.60. The van der Waals surface area contributed by atoms with Gasteiger partial charge in [0.2, 0.25) is 0 Å². The Balaban J connectivity index is 1.25. The van der Waals surface area contributed by atoms with Gasteiger partial charge in [-0.2, -0.15) is 14.7 Å². The van der Waals surface area contributed by atoms with Crippen LogP contribution in [-0.4, -0.2) is 48.0 Å². The number of likely N-dealkylation sites (tertiary alicyclic amines) is 1. The molecule has 0 spiro atoms. The van der Waals surface area contributed by atoms with Crippen LogP contribution in [0.15, 0.2) is 42.5 Å². The van der Waals surface area contributed by atoms with Gasteiger partial charge in [0.25, 0.3) is 0 Å². The van der Waals surface area contributed by atoms with Gasteiger partial charge < -0.3 is 0 Å². The lowest BCUT2D eigenvalue weighted by Gasteiger charge is -2.31. The monoisotopic (exact) mass is 387 g/mol. The van der Waals surface area contributed by atoms with Crippen LogP contribution < -0.4 is 0 Å². The van der Waals surface area contributed by atoms with Crippen LogP contribution in [0.2, 0.25) is 0 Å². The summed E-state index contributed by atoms with van der Waals surface area (Å²) >= 11 is 0. The molecule has 0 saturated carbocycles. The summed E-state index contributed by atoms with van der Waals surface area (Å²) in [5, 5.41) is 20.8. The largest absolute Gasteiger partial charge is 0.297 e. The predicted octanol–water partition coefficient (Wildman–Crippen LogP) is 3.51. The molecular weight excluding hydrogens is 362 g/mol. The molecule has 1 saturated heterocycles. The number of aromatic nitrogens is 6. The van der Waals surface area contributed by atoms with Crippen LogP contribution in [0.1, 0.15) is 41.5 Å². The highest BCUT2D eigenvalue weighted by molar-refractivity contribution is 5.63. The summed E-state index contributed by atoms with van der Waals surface area (Å²) < 4.78 is 1.85. The highest BCUT2D eigenvalue weighted by Crippen LogP contribution is 2.29.